The molecule has 0 saturated carbocycles. The Hall–Kier alpha value is -3.61. The van der Waals surface area contributed by atoms with Gasteiger partial charge in [-0.25, -0.2) is 0 Å². The van der Waals surface area contributed by atoms with Crippen LogP contribution in [0.15, 0.2) is 42.5 Å². The zero-order valence-corrected chi connectivity index (χ0v) is 18.9. The summed E-state index contributed by atoms with van der Waals surface area (Å²) < 4.78 is 39.0. The minimum Gasteiger partial charge on any atom is -0.366 e. The summed E-state index contributed by atoms with van der Waals surface area (Å²) in [5.41, 5.74) is -0.0862. The average molecular weight is 474 g/mol. The Morgan fingerprint density at radius 3 is 2.35 bits per heavy atom. The van der Waals surface area contributed by atoms with E-state index in [4.69, 9.17) is 5.26 Å². The molecule has 0 radical (unpaired) electrons. The maximum absolute atomic E-state index is 13.3. The molecule has 3 rings (SSSR count). The summed E-state index contributed by atoms with van der Waals surface area (Å²) in [6.07, 6.45) is -3.79. The lowest BCUT2D eigenvalue weighted by Crippen LogP contribution is -2.43. The standard InChI is InChI=1S/C24H25F3N4O3/c1-3-30(16(2)18-6-4-17(15-28)5-7-18)23(32)19-10-12-29(13-11-19)21-9-8-20(24(25,26)27)14-22(21)31(33)34/h4-9,14,16,19H,3,10-13H2,1-2H3. The van der Waals surface area contributed by atoms with E-state index in [0.717, 1.165) is 17.7 Å². The number of nitro benzene ring substituents is 1. The van der Waals surface area contributed by atoms with Gasteiger partial charge in [0.1, 0.15) is 5.69 Å². The van der Waals surface area contributed by atoms with Crippen molar-refractivity contribution in [2.75, 3.05) is 24.5 Å². The zero-order valence-electron chi connectivity index (χ0n) is 18.9. The molecule has 1 saturated heterocycles. The van der Waals surface area contributed by atoms with E-state index in [-0.39, 0.29) is 23.6 Å². The van der Waals surface area contributed by atoms with Gasteiger partial charge in [-0.05, 0) is 56.5 Å². The molecule has 1 aliphatic heterocycles. The summed E-state index contributed by atoms with van der Waals surface area (Å²) in [5.74, 6) is -0.313. The van der Waals surface area contributed by atoms with Crippen molar-refractivity contribution < 1.29 is 22.9 Å². The molecule has 0 spiro atoms. The van der Waals surface area contributed by atoms with E-state index in [1.807, 2.05) is 26.0 Å². The van der Waals surface area contributed by atoms with E-state index in [0.29, 0.717) is 44.1 Å². The second-order valence-corrected chi connectivity index (χ2v) is 8.25. The Balaban J connectivity index is 1.71. The first kappa shape index (κ1) is 25.0. The first-order chi connectivity index (χ1) is 16.1. The smallest absolute Gasteiger partial charge is 0.366 e. The van der Waals surface area contributed by atoms with Crippen LogP contribution in [0.25, 0.3) is 0 Å². The maximum atomic E-state index is 13.3. The van der Waals surface area contributed by atoms with Crippen LogP contribution in [0.4, 0.5) is 24.5 Å². The first-order valence-electron chi connectivity index (χ1n) is 11.0. The monoisotopic (exact) mass is 474 g/mol. The van der Waals surface area contributed by atoms with Crippen LogP contribution in [0.1, 0.15) is 49.4 Å². The summed E-state index contributed by atoms with van der Waals surface area (Å²) in [6.45, 7) is 4.95. The number of nitriles is 1. The van der Waals surface area contributed by atoms with Gasteiger partial charge in [-0.15, -0.1) is 0 Å². The number of carbonyl (C=O) groups is 1. The number of carbonyl (C=O) groups excluding carboxylic acids is 1. The molecule has 1 aliphatic rings. The third-order valence-corrected chi connectivity index (χ3v) is 6.30. The van der Waals surface area contributed by atoms with Gasteiger partial charge in [0.05, 0.1) is 28.2 Å². The van der Waals surface area contributed by atoms with Gasteiger partial charge in [-0.3, -0.25) is 14.9 Å². The van der Waals surface area contributed by atoms with Gasteiger partial charge in [0.15, 0.2) is 0 Å². The summed E-state index contributed by atoms with van der Waals surface area (Å²) in [5, 5.41) is 20.4. The molecule has 2 aromatic rings. The molecule has 1 heterocycles. The van der Waals surface area contributed by atoms with Crippen molar-refractivity contribution >= 4 is 17.3 Å². The van der Waals surface area contributed by atoms with Crippen molar-refractivity contribution in [1.82, 2.24) is 4.90 Å². The minimum absolute atomic E-state index is 0.0269. The van der Waals surface area contributed by atoms with Crippen molar-refractivity contribution in [2.45, 2.75) is 38.9 Å². The molecule has 7 nitrogen and oxygen atoms in total. The molecule has 10 heteroatoms. The van der Waals surface area contributed by atoms with Gasteiger partial charge < -0.3 is 9.80 Å². The Morgan fingerprint density at radius 2 is 1.85 bits per heavy atom. The van der Waals surface area contributed by atoms with Crippen LogP contribution < -0.4 is 4.90 Å². The fraction of sp³-hybridized carbons (Fsp3) is 0.417. The summed E-state index contributed by atoms with van der Waals surface area (Å²) >= 11 is 0. The number of alkyl halides is 3. The molecule has 34 heavy (non-hydrogen) atoms. The number of rotatable bonds is 6. The van der Waals surface area contributed by atoms with Crippen LogP contribution in [-0.4, -0.2) is 35.4 Å². The van der Waals surface area contributed by atoms with Gasteiger partial charge in [-0.2, -0.15) is 18.4 Å². The van der Waals surface area contributed by atoms with Gasteiger partial charge in [0, 0.05) is 31.6 Å². The number of hydrogen-bond acceptors (Lipinski definition) is 5. The maximum Gasteiger partial charge on any atom is 0.416 e. The highest BCUT2D eigenvalue weighted by Crippen LogP contribution is 2.38. The largest absolute Gasteiger partial charge is 0.416 e. The van der Waals surface area contributed by atoms with Crippen LogP contribution in [0, 0.1) is 27.4 Å². The van der Waals surface area contributed by atoms with E-state index in [2.05, 4.69) is 6.07 Å². The first-order valence-corrected chi connectivity index (χ1v) is 11.0. The van der Waals surface area contributed by atoms with Gasteiger partial charge >= 0.3 is 6.18 Å². The zero-order chi connectivity index (χ0) is 25.0. The number of piperidine rings is 1. The van der Waals surface area contributed by atoms with E-state index >= 15 is 0 Å². The molecular formula is C24H25F3N4O3. The molecule has 1 unspecified atom stereocenters. The van der Waals surface area contributed by atoms with Gasteiger partial charge in [-0.1, -0.05) is 12.1 Å². The SMILES string of the molecule is CCN(C(=O)C1CCN(c2ccc(C(F)(F)F)cc2[N+](=O)[O-])CC1)C(C)c1ccc(C#N)cc1. The minimum atomic E-state index is -4.67. The van der Waals surface area contributed by atoms with E-state index in [9.17, 15) is 28.1 Å². The number of benzene rings is 2. The lowest BCUT2D eigenvalue weighted by Gasteiger charge is -2.37. The molecule has 180 valence electrons. The van der Waals surface area contributed by atoms with Crippen LogP contribution in [0.5, 0.6) is 0 Å². The molecule has 0 bridgehead atoms. The normalized spacial score (nSPS) is 15.5. The number of amides is 1. The lowest BCUT2D eigenvalue weighted by atomic mass is 9.93. The Kier molecular flexibility index (Phi) is 7.44. The summed E-state index contributed by atoms with van der Waals surface area (Å²) in [6, 6.07) is 11.5. The summed E-state index contributed by atoms with van der Waals surface area (Å²) in [7, 11) is 0. The fourth-order valence-electron chi connectivity index (χ4n) is 4.35. The second-order valence-electron chi connectivity index (χ2n) is 8.25. The number of nitrogens with zero attached hydrogens (tertiary/aromatic N) is 4. The molecular weight excluding hydrogens is 449 g/mol. The number of halogens is 3. The molecule has 0 aliphatic carbocycles. The van der Waals surface area contributed by atoms with Crippen molar-refractivity contribution in [1.29, 1.82) is 5.26 Å². The Bertz CT molecular complexity index is 1090. The average Bonchev–Trinajstić information content (AvgIpc) is 2.83. The van der Waals surface area contributed by atoms with Crippen LogP contribution in [0.3, 0.4) is 0 Å². The molecule has 1 amide bonds. The van der Waals surface area contributed by atoms with Crippen LogP contribution in [0.2, 0.25) is 0 Å². The lowest BCUT2D eigenvalue weighted by molar-refractivity contribution is -0.384. The van der Waals surface area contributed by atoms with Crippen molar-refractivity contribution in [3.05, 3.63) is 69.3 Å². The van der Waals surface area contributed by atoms with Crippen molar-refractivity contribution in [3.63, 3.8) is 0 Å². The number of anilines is 1. The predicted molar refractivity (Wildman–Crippen MR) is 120 cm³/mol. The quantitative estimate of drug-likeness (QED) is 0.418. The Labute approximate surface area is 195 Å². The fourth-order valence-corrected chi connectivity index (χ4v) is 4.35. The number of hydrogen-bond donors (Lipinski definition) is 0. The molecule has 1 atom stereocenters. The molecule has 2 aromatic carbocycles. The van der Waals surface area contributed by atoms with Gasteiger partial charge in [0.2, 0.25) is 5.91 Å². The van der Waals surface area contributed by atoms with E-state index < -0.39 is 22.4 Å². The highest BCUT2D eigenvalue weighted by molar-refractivity contribution is 5.80. The van der Waals surface area contributed by atoms with E-state index in [1.165, 1.54) is 0 Å². The topological polar surface area (TPSA) is 90.5 Å². The number of nitro groups is 1. The highest BCUT2D eigenvalue weighted by atomic mass is 19.4. The molecule has 1 fully saturated rings. The van der Waals surface area contributed by atoms with E-state index in [1.54, 1.807) is 21.9 Å². The summed E-state index contributed by atoms with van der Waals surface area (Å²) in [4.78, 5) is 27.3. The van der Waals surface area contributed by atoms with Crippen molar-refractivity contribution in [3.8, 4) is 6.07 Å². The van der Waals surface area contributed by atoms with Gasteiger partial charge in [0.25, 0.3) is 5.69 Å². The predicted octanol–water partition coefficient (Wildman–Crippen LogP) is 5.31. The van der Waals surface area contributed by atoms with Crippen molar-refractivity contribution in [2.24, 2.45) is 5.92 Å². The van der Waals surface area contributed by atoms with Crippen LogP contribution in [-0.2, 0) is 11.0 Å². The third-order valence-electron chi connectivity index (χ3n) is 6.30. The molecule has 0 N–H and O–H groups in total. The third kappa shape index (κ3) is 5.30. The highest BCUT2D eigenvalue weighted by Gasteiger charge is 2.35. The second kappa shape index (κ2) is 10.1. The van der Waals surface area contributed by atoms with Crippen LogP contribution >= 0.6 is 0 Å². The molecule has 0 aromatic heterocycles. The Morgan fingerprint density at radius 1 is 1.24 bits per heavy atom.